The fraction of sp³-hybridized carbons (Fsp3) is 0.684. The highest BCUT2D eigenvalue weighted by Crippen LogP contribution is 2.31. The van der Waals surface area contributed by atoms with Gasteiger partial charge in [0.05, 0.1) is 0 Å². The molecule has 1 aliphatic rings. The van der Waals surface area contributed by atoms with Crippen molar-refractivity contribution in [1.29, 1.82) is 0 Å². The van der Waals surface area contributed by atoms with Crippen LogP contribution in [0.2, 0.25) is 0 Å². The van der Waals surface area contributed by atoms with Gasteiger partial charge in [-0.05, 0) is 49.5 Å². The highest BCUT2D eigenvalue weighted by atomic mass is 16.5. The van der Waals surface area contributed by atoms with Crippen molar-refractivity contribution in [1.82, 2.24) is 0 Å². The molecular formula is C19H30O. The van der Waals surface area contributed by atoms with Gasteiger partial charge in [-0.15, -0.1) is 0 Å². The molecule has 0 amide bonds. The fourth-order valence-corrected chi connectivity index (χ4v) is 3.20. The van der Waals surface area contributed by atoms with Crippen LogP contribution in [-0.2, 0) is 11.2 Å². The molecule has 112 valence electrons. The van der Waals surface area contributed by atoms with Crippen LogP contribution in [0.25, 0.3) is 0 Å². The van der Waals surface area contributed by atoms with Crippen molar-refractivity contribution >= 4 is 0 Å². The summed E-state index contributed by atoms with van der Waals surface area (Å²) in [5.41, 5.74) is 1.50. The number of hydrogen-bond donors (Lipinski definition) is 0. The molecule has 0 N–H and O–H groups in total. The summed E-state index contributed by atoms with van der Waals surface area (Å²) in [6.07, 6.45) is 10.7. The van der Waals surface area contributed by atoms with Gasteiger partial charge in [-0.25, -0.2) is 0 Å². The van der Waals surface area contributed by atoms with Gasteiger partial charge in [-0.1, -0.05) is 56.5 Å². The van der Waals surface area contributed by atoms with Gasteiger partial charge >= 0.3 is 0 Å². The van der Waals surface area contributed by atoms with Gasteiger partial charge in [0.15, 0.2) is 0 Å². The molecule has 1 aromatic rings. The van der Waals surface area contributed by atoms with Crippen LogP contribution in [0, 0.1) is 11.8 Å². The Bertz CT molecular complexity index is 338. The predicted octanol–water partition coefficient (Wildman–Crippen LogP) is 5.24. The van der Waals surface area contributed by atoms with Gasteiger partial charge in [0.1, 0.15) is 0 Å². The van der Waals surface area contributed by atoms with E-state index in [1.807, 2.05) is 0 Å². The topological polar surface area (TPSA) is 9.23 Å². The largest absolute Gasteiger partial charge is 0.381 e. The van der Waals surface area contributed by atoms with E-state index in [4.69, 9.17) is 4.74 Å². The molecule has 0 aromatic heterocycles. The predicted molar refractivity (Wildman–Crippen MR) is 85.9 cm³/mol. The number of aryl methyl sites for hydroxylation is 1. The number of benzene rings is 1. The fourth-order valence-electron chi connectivity index (χ4n) is 3.20. The molecule has 0 radical (unpaired) electrons. The summed E-state index contributed by atoms with van der Waals surface area (Å²) < 4.78 is 5.78. The summed E-state index contributed by atoms with van der Waals surface area (Å²) >= 11 is 0. The van der Waals surface area contributed by atoms with E-state index in [-0.39, 0.29) is 0 Å². The van der Waals surface area contributed by atoms with Crippen LogP contribution in [0.15, 0.2) is 30.3 Å². The van der Waals surface area contributed by atoms with Crippen LogP contribution >= 0.6 is 0 Å². The molecule has 1 heteroatoms. The zero-order chi connectivity index (χ0) is 14.0. The van der Waals surface area contributed by atoms with Crippen LogP contribution in [0.3, 0.4) is 0 Å². The second kappa shape index (κ2) is 9.18. The first-order valence-corrected chi connectivity index (χ1v) is 8.50. The molecule has 1 aromatic carbocycles. The van der Waals surface area contributed by atoms with E-state index in [1.54, 1.807) is 0 Å². The Kier molecular flexibility index (Phi) is 7.14. The van der Waals surface area contributed by atoms with E-state index < -0.39 is 0 Å². The van der Waals surface area contributed by atoms with Crippen LogP contribution in [0.1, 0.15) is 57.4 Å². The monoisotopic (exact) mass is 274 g/mol. The Labute approximate surface area is 124 Å². The van der Waals surface area contributed by atoms with Crippen LogP contribution in [-0.4, -0.2) is 13.2 Å². The molecule has 0 bridgehead atoms. The van der Waals surface area contributed by atoms with E-state index in [0.29, 0.717) is 0 Å². The SMILES string of the molecule is CCCCOCC1CCC(CCc2ccccc2)CC1. The average Bonchev–Trinajstić information content (AvgIpc) is 2.52. The van der Waals surface area contributed by atoms with Crippen LogP contribution in [0.5, 0.6) is 0 Å². The van der Waals surface area contributed by atoms with E-state index in [1.165, 1.54) is 56.9 Å². The van der Waals surface area contributed by atoms with Crippen molar-refractivity contribution in [2.24, 2.45) is 11.8 Å². The van der Waals surface area contributed by atoms with Gasteiger partial charge in [0.2, 0.25) is 0 Å². The summed E-state index contributed by atoms with van der Waals surface area (Å²) in [7, 11) is 0. The van der Waals surface area contributed by atoms with E-state index in [2.05, 4.69) is 37.3 Å². The Hall–Kier alpha value is -0.820. The maximum atomic E-state index is 5.78. The van der Waals surface area contributed by atoms with Crippen molar-refractivity contribution in [2.75, 3.05) is 13.2 Å². The first kappa shape index (κ1) is 15.6. The Morgan fingerprint density at radius 2 is 1.70 bits per heavy atom. The number of ether oxygens (including phenoxy) is 1. The Balaban J connectivity index is 1.57. The normalized spacial score (nSPS) is 22.9. The second-order valence-corrected chi connectivity index (χ2v) is 6.34. The minimum Gasteiger partial charge on any atom is -0.381 e. The van der Waals surface area contributed by atoms with Crippen molar-refractivity contribution in [3.05, 3.63) is 35.9 Å². The summed E-state index contributed by atoms with van der Waals surface area (Å²) in [5, 5.41) is 0. The Morgan fingerprint density at radius 3 is 2.40 bits per heavy atom. The highest BCUT2D eigenvalue weighted by molar-refractivity contribution is 5.14. The summed E-state index contributed by atoms with van der Waals surface area (Å²) in [6, 6.07) is 10.9. The summed E-state index contributed by atoms with van der Waals surface area (Å²) in [4.78, 5) is 0. The third kappa shape index (κ3) is 5.66. The zero-order valence-corrected chi connectivity index (χ0v) is 13.0. The van der Waals surface area contributed by atoms with Crippen molar-refractivity contribution in [2.45, 2.75) is 58.3 Å². The quantitative estimate of drug-likeness (QED) is 0.589. The lowest BCUT2D eigenvalue weighted by molar-refractivity contribution is 0.0752. The van der Waals surface area contributed by atoms with Gasteiger partial charge in [0.25, 0.3) is 0 Å². The smallest absolute Gasteiger partial charge is 0.0494 e. The lowest BCUT2D eigenvalue weighted by Gasteiger charge is -2.28. The van der Waals surface area contributed by atoms with Crippen molar-refractivity contribution < 1.29 is 4.74 Å². The number of rotatable bonds is 8. The highest BCUT2D eigenvalue weighted by Gasteiger charge is 2.20. The third-order valence-corrected chi connectivity index (χ3v) is 4.65. The second-order valence-electron chi connectivity index (χ2n) is 6.34. The number of unbranched alkanes of at least 4 members (excludes halogenated alkanes) is 1. The lowest BCUT2D eigenvalue weighted by atomic mass is 9.80. The molecule has 0 aliphatic heterocycles. The molecular weight excluding hydrogens is 244 g/mol. The molecule has 1 nitrogen and oxygen atoms in total. The summed E-state index contributed by atoms with van der Waals surface area (Å²) in [6.45, 7) is 4.19. The molecule has 0 saturated heterocycles. The van der Waals surface area contributed by atoms with Crippen molar-refractivity contribution in [3.63, 3.8) is 0 Å². The molecule has 0 heterocycles. The Morgan fingerprint density at radius 1 is 1.00 bits per heavy atom. The number of hydrogen-bond acceptors (Lipinski definition) is 1. The maximum Gasteiger partial charge on any atom is 0.0494 e. The standard InChI is InChI=1S/C19H30O/c1-2-3-15-20-16-19-13-11-18(12-14-19)10-9-17-7-5-4-6-8-17/h4-8,18-19H,2-3,9-16H2,1H3. The van der Waals surface area contributed by atoms with Gasteiger partial charge in [0, 0.05) is 13.2 Å². The summed E-state index contributed by atoms with van der Waals surface area (Å²) in [5.74, 6) is 1.78. The minimum atomic E-state index is 0.833. The van der Waals surface area contributed by atoms with E-state index in [9.17, 15) is 0 Å². The molecule has 1 fully saturated rings. The minimum absolute atomic E-state index is 0.833. The molecule has 20 heavy (non-hydrogen) atoms. The van der Waals surface area contributed by atoms with Crippen LogP contribution < -0.4 is 0 Å². The maximum absolute atomic E-state index is 5.78. The van der Waals surface area contributed by atoms with Gasteiger partial charge in [-0.3, -0.25) is 0 Å². The van der Waals surface area contributed by atoms with Gasteiger partial charge < -0.3 is 4.74 Å². The van der Waals surface area contributed by atoms with Crippen molar-refractivity contribution in [3.8, 4) is 0 Å². The lowest BCUT2D eigenvalue weighted by Crippen LogP contribution is -2.19. The molecule has 0 unspecified atom stereocenters. The third-order valence-electron chi connectivity index (χ3n) is 4.65. The average molecular weight is 274 g/mol. The first-order valence-electron chi connectivity index (χ1n) is 8.50. The molecule has 1 saturated carbocycles. The first-order chi connectivity index (χ1) is 9.88. The van der Waals surface area contributed by atoms with Crippen LogP contribution in [0.4, 0.5) is 0 Å². The molecule has 1 aliphatic carbocycles. The molecule has 0 atom stereocenters. The zero-order valence-electron chi connectivity index (χ0n) is 13.0. The van der Waals surface area contributed by atoms with Gasteiger partial charge in [-0.2, -0.15) is 0 Å². The van der Waals surface area contributed by atoms with E-state index >= 15 is 0 Å². The molecule has 2 rings (SSSR count). The van der Waals surface area contributed by atoms with E-state index in [0.717, 1.165) is 25.0 Å². The molecule has 0 spiro atoms.